The van der Waals surface area contributed by atoms with Gasteiger partial charge < -0.3 is 10.6 Å². The van der Waals surface area contributed by atoms with Crippen molar-refractivity contribution in [2.24, 2.45) is 11.7 Å². The molecule has 0 aliphatic carbocycles. The minimum Gasteiger partial charge on any atom is -0.328 e. The lowest BCUT2D eigenvalue weighted by molar-refractivity contribution is 0.198. The average Bonchev–Trinajstić information content (AvgIpc) is 2.68. The van der Waals surface area contributed by atoms with Crippen LogP contribution in [0.3, 0.4) is 0 Å². The molecule has 3 heteroatoms. The highest BCUT2D eigenvalue weighted by Gasteiger charge is 2.28. The topological polar surface area (TPSA) is 32.5 Å². The lowest BCUT2D eigenvalue weighted by atomic mass is 10.0. The van der Waals surface area contributed by atoms with Gasteiger partial charge in [-0.3, -0.25) is 4.90 Å². The third-order valence-corrected chi connectivity index (χ3v) is 4.81. The molecule has 0 amide bonds. The smallest absolute Gasteiger partial charge is 0.0223 e. The summed E-state index contributed by atoms with van der Waals surface area (Å²) in [6.07, 6.45) is 8.02. The molecular weight excluding hydrogens is 234 g/mol. The minimum atomic E-state index is 0.373. The first-order valence-corrected chi connectivity index (χ1v) is 8.37. The van der Waals surface area contributed by atoms with E-state index in [0.717, 1.165) is 12.0 Å². The van der Waals surface area contributed by atoms with E-state index in [1.54, 1.807) is 0 Å². The van der Waals surface area contributed by atoms with Crippen molar-refractivity contribution in [3.05, 3.63) is 0 Å². The molecule has 19 heavy (non-hydrogen) atoms. The number of rotatable bonds is 6. The first kappa shape index (κ1) is 15.3. The van der Waals surface area contributed by atoms with Crippen molar-refractivity contribution in [1.29, 1.82) is 0 Å². The number of hydrogen-bond acceptors (Lipinski definition) is 3. The quantitative estimate of drug-likeness (QED) is 0.801. The minimum absolute atomic E-state index is 0.373. The maximum absolute atomic E-state index is 5.83. The third kappa shape index (κ3) is 5.05. The monoisotopic (exact) mass is 267 g/mol. The maximum Gasteiger partial charge on any atom is 0.0223 e. The van der Waals surface area contributed by atoms with Gasteiger partial charge in [0.1, 0.15) is 0 Å². The van der Waals surface area contributed by atoms with E-state index in [9.17, 15) is 0 Å². The normalized spacial score (nSPS) is 28.9. The van der Waals surface area contributed by atoms with Crippen LogP contribution in [0.1, 0.15) is 52.4 Å². The van der Waals surface area contributed by atoms with Crippen molar-refractivity contribution < 1.29 is 0 Å². The van der Waals surface area contributed by atoms with Crippen LogP contribution in [0.4, 0.5) is 0 Å². The van der Waals surface area contributed by atoms with Crippen molar-refractivity contribution in [2.45, 2.75) is 64.5 Å². The molecule has 0 aromatic carbocycles. The highest BCUT2D eigenvalue weighted by atomic mass is 15.3. The van der Waals surface area contributed by atoms with Crippen LogP contribution in [0, 0.1) is 5.92 Å². The van der Waals surface area contributed by atoms with Crippen LogP contribution in [0.2, 0.25) is 0 Å². The Bertz CT molecular complexity index is 254. The number of nitrogens with zero attached hydrogens (tertiary/aromatic N) is 2. The van der Waals surface area contributed by atoms with Gasteiger partial charge in [0.05, 0.1) is 0 Å². The second-order valence-electron chi connectivity index (χ2n) is 6.96. The summed E-state index contributed by atoms with van der Waals surface area (Å²) >= 11 is 0. The van der Waals surface area contributed by atoms with Gasteiger partial charge >= 0.3 is 0 Å². The van der Waals surface area contributed by atoms with E-state index in [2.05, 4.69) is 23.6 Å². The SMILES string of the molecule is CC(N)CCCC(C)CN1CCCN2CCCC2C1. The Morgan fingerprint density at radius 2 is 1.89 bits per heavy atom. The van der Waals surface area contributed by atoms with E-state index in [0.29, 0.717) is 6.04 Å². The molecule has 2 N–H and O–H groups in total. The first-order chi connectivity index (χ1) is 9.15. The Balaban J connectivity index is 1.69. The lowest BCUT2D eigenvalue weighted by Crippen LogP contribution is -2.38. The van der Waals surface area contributed by atoms with E-state index in [-0.39, 0.29) is 0 Å². The van der Waals surface area contributed by atoms with E-state index in [4.69, 9.17) is 5.73 Å². The Kier molecular flexibility index (Phi) is 6.11. The zero-order chi connectivity index (χ0) is 13.7. The van der Waals surface area contributed by atoms with Crippen LogP contribution in [0.25, 0.3) is 0 Å². The molecule has 0 bridgehead atoms. The Hall–Kier alpha value is -0.120. The highest BCUT2D eigenvalue weighted by molar-refractivity contribution is 4.85. The Morgan fingerprint density at radius 1 is 1.11 bits per heavy atom. The predicted molar refractivity (Wildman–Crippen MR) is 82.3 cm³/mol. The highest BCUT2D eigenvalue weighted by Crippen LogP contribution is 2.22. The molecule has 0 aromatic rings. The fourth-order valence-electron chi connectivity index (χ4n) is 3.77. The van der Waals surface area contributed by atoms with Crippen LogP contribution in [-0.2, 0) is 0 Å². The summed E-state index contributed by atoms with van der Waals surface area (Å²) in [6.45, 7) is 11.1. The van der Waals surface area contributed by atoms with Crippen LogP contribution in [0.15, 0.2) is 0 Å². The standard InChI is InChI=1S/C16H33N3/c1-14(6-3-7-15(2)17)12-18-9-5-11-19-10-4-8-16(19)13-18/h14-16H,3-13,17H2,1-2H3. The molecular formula is C16H33N3. The fourth-order valence-corrected chi connectivity index (χ4v) is 3.77. The molecule has 0 radical (unpaired) electrons. The molecule has 2 aliphatic heterocycles. The Morgan fingerprint density at radius 3 is 2.68 bits per heavy atom. The summed E-state index contributed by atoms with van der Waals surface area (Å²) in [7, 11) is 0. The molecule has 2 saturated heterocycles. The zero-order valence-corrected chi connectivity index (χ0v) is 13.0. The van der Waals surface area contributed by atoms with Gasteiger partial charge in [-0.15, -0.1) is 0 Å². The largest absolute Gasteiger partial charge is 0.328 e. The molecule has 2 heterocycles. The van der Waals surface area contributed by atoms with Gasteiger partial charge in [0.25, 0.3) is 0 Å². The molecule has 0 spiro atoms. The van der Waals surface area contributed by atoms with Gasteiger partial charge in [-0.05, 0) is 64.6 Å². The summed E-state index contributed by atoms with van der Waals surface area (Å²) in [5.41, 5.74) is 5.83. The number of hydrogen-bond donors (Lipinski definition) is 1. The zero-order valence-electron chi connectivity index (χ0n) is 13.0. The molecule has 2 aliphatic rings. The summed E-state index contributed by atoms with van der Waals surface area (Å²) in [5.74, 6) is 0.826. The molecule has 0 saturated carbocycles. The van der Waals surface area contributed by atoms with Crippen LogP contribution >= 0.6 is 0 Å². The van der Waals surface area contributed by atoms with Gasteiger partial charge in [0, 0.05) is 25.2 Å². The fraction of sp³-hybridized carbons (Fsp3) is 1.00. The first-order valence-electron chi connectivity index (χ1n) is 8.37. The van der Waals surface area contributed by atoms with Gasteiger partial charge in [0.2, 0.25) is 0 Å². The van der Waals surface area contributed by atoms with Crippen molar-refractivity contribution in [3.8, 4) is 0 Å². The van der Waals surface area contributed by atoms with Gasteiger partial charge in [-0.2, -0.15) is 0 Å². The van der Waals surface area contributed by atoms with Crippen LogP contribution in [0.5, 0.6) is 0 Å². The number of nitrogens with two attached hydrogens (primary N) is 1. The molecule has 3 atom stereocenters. The second kappa shape index (κ2) is 7.61. The Labute approximate surface area is 119 Å². The van der Waals surface area contributed by atoms with E-state index in [1.165, 1.54) is 71.2 Å². The summed E-state index contributed by atoms with van der Waals surface area (Å²) in [6, 6.07) is 1.23. The van der Waals surface area contributed by atoms with Crippen molar-refractivity contribution in [1.82, 2.24) is 9.80 Å². The van der Waals surface area contributed by atoms with E-state index >= 15 is 0 Å². The maximum atomic E-state index is 5.83. The molecule has 2 rings (SSSR count). The van der Waals surface area contributed by atoms with Crippen molar-refractivity contribution >= 4 is 0 Å². The number of fused-ring (bicyclic) bond motifs is 1. The molecule has 3 unspecified atom stereocenters. The van der Waals surface area contributed by atoms with Crippen LogP contribution in [-0.4, -0.2) is 54.6 Å². The van der Waals surface area contributed by atoms with Gasteiger partial charge in [-0.1, -0.05) is 13.3 Å². The summed E-state index contributed by atoms with van der Waals surface area (Å²) in [4.78, 5) is 5.45. The van der Waals surface area contributed by atoms with Crippen LogP contribution < -0.4 is 5.73 Å². The van der Waals surface area contributed by atoms with E-state index < -0.39 is 0 Å². The summed E-state index contributed by atoms with van der Waals surface area (Å²) in [5, 5.41) is 0. The van der Waals surface area contributed by atoms with Gasteiger partial charge in [-0.25, -0.2) is 0 Å². The molecule has 112 valence electrons. The average molecular weight is 267 g/mol. The van der Waals surface area contributed by atoms with E-state index in [1.807, 2.05) is 0 Å². The molecule has 0 aromatic heterocycles. The summed E-state index contributed by atoms with van der Waals surface area (Å²) < 4.78 is 0. The van der Waals surface area contributed by atoms with Gasteiger partial charge in [0.15, 0.2) is 0 Å². The predicted octanol–water partition coefficient (Wildman–Crippen LogP) is 2.31. The van der Waals surface area contributed by atoms with Crippen molar-refractivity contribution in [3.63, 3.8) is 0 Å². The lowest BCUT2D eigenvalue weighted by Gasteiger charge is -2.27. The molecule has 3 nitrogen and oxygen atoms in total. The second-order valence-corrected chi connectivity index (χ2v) is 6.96. The van der Waals surface area contributed by atoms with Crippen molar-refractivity contribution in [2.75, 3.05) is 32.7 Å². The third-order valence-electron chi connectivity index (χ3n) is 4.81. The molecule has 2 fully saturated rings.